The Morgan fingerprint density at radius 1 is 1.26 bits per heavy atom. The van der Waals surface area contributed by atoms with Gasteiger partial charge in [-0.15, -0.1) is 0 Å². The second-order valence-electron chi connectivity index (χ2n) is 4.56. The van der Waals surface area contributed by atoms with Gasteiger partial charge in [0.05, 0.1) is 12.2 Å². The fourth-order valence-corrected chi connectivity index (χ4v) is 2.35. The van der Waals surface area contributed by atoms with Crippen LogP contribution in [0.25, 0.3) is 5.65 Å². The van der Waals surface area contributed by atoms with Crippen molar-refractivity contribution in [3.05, 3.63) is 30.1 Å². The van der Waals surface area contributed by atoms with Crippen molar-refractivity contribution >= 4 is 17.4 Å². The number of carboxylic acids is 1. The fourth-order valence-electron chi connectivity index (χ4n) is 2.35. The molecule has 3 heterocycles. The third-order valence-corrected chi connectivity index (χ3v) is 3.27. The molecule has 100 valence electrons. The number of hydrogen-bond donors (Lipinski definition) is 3. The topological polar surface area (TPSA) is 98.3 Å². The maximum absolute atomic E-state index is 11.4. The van der Waals surface area contributed by atoms with E-state index in [-0.39, 0.29) is 24.6 Å². The van der Waals surface area contributed by atoms with Crippen molar-refractivity contribution in [1.82, 2.24) is 9.38 Å². The maximum atomic E-state index is 11.4. The Morgan fingerprint density at radius 2 is 1.95 bits per heavy atom. The number of β-amino-alcohol motifs (C(OH)–C–C–N with tert-alkyl or cyclic N) is 2. The van der Waals surface area contributed by atoms with Crippen molar-refractivity contribution in [2.75, 3.05) is 18.0 Å². The highest BCUT2D eigenvalue weighted by Crippen LogP contribution is 2.25. The van der Waals surface area contributed by atoms with Crippen molar-refractivity contribution in [3.8, 4) is 0 Å². The van der Waals surface area contributed by atoms with E-state index in [4.69, 9.17) is 0 Å². The molecule has 0 saturated carbocycles. The van der Waals surface area contributed by atoms with Gasteiger partial charge in [0.15, 0.2) is 11.5 Å². The summed E-state index contributed by atoms with van der Waals surface area (Å²) < 4.78 is 1.48. The molecule has 0 bridgehead atoms. The zero-order chi connectivity index (χ0) is 13.6. The van der Waals surface area contributed by atoms with Crippen LogP contribution in [-0.4, -0.2) is 56.0 Å². The largest absolute Gasteiger partial charge is 0.476 e. The third-order valence-electron chi connectivity index (χ3n) is 3.27. The first-order valence-corrected chi connectivity index (χ1v) is 5.89. The van der Waals surface area contributed by atoms with E-state index >= 15 is 0 Å². The average molecular weight is 263 g/mol. The van der Waals surface area contributed by atoms with E-state index in [1.54, 1.807) is 29.3 Å². The maximum Gasteiger partial charge on any atom is 0.356 e. The minimum absolute atomic E-state index is 0.0388. The summed E-state index contributed by atoms with van der Waals surface area (Å²) in [5.41, 5.74) is 0.558. The predicted molar refractivity (Wildman–Crippen MR) is 66.4 cm³/mol. The highest BCUT2D eigenvalue weighted by molar-refractivity contribution is 5.93. The van der Waals surface area contributed by atoms with Gasteiger partial charge in [0.25, 0.3) is 0 Å². The van der Waals surface area contributed by atoms with Crippen LogP contribution in [0.4, 0.5) is 5.82 Å². The van der Waals surface area contributed by atoms with Crippen molar-refractivity contribution in [2.45, 2.75) is 12.2 Å². The van der Waals surface area contributed by atoms with Crippen LogP contribution >= 0.6 is 0 Å². The van der Waals surface area contributed by atoms with E-state index in [1.807, 2.05) is 0 Å². The number of nitrogens with zero attached hydrogens (tertiary/aromatic N) is 3. The Kier molecular flexibility index (Phi) is 2.65. The van der Waals surface area contributed by atoms with E-state index in [1.165, 1.54) is 4.40 Å². The van der Waals surface area contributed by atoms with Crippen molar-refractivity contribution in [3.63, 3.8) is 0 Å². The number of rotatable bonds is 2. The van der Waals surface area contributed by atoms with E-state index < -0.39 is 18.2 Å². The molecule has 0 aliphatic carbocycles. The molecule has 0 aromatic carbocycles. The number of hydrogen-bond acceptors (Lipinski definition) is 5. The molecule has 3 rings (SSSR count). The van der Waals surface area contributed by atoms with E-state index in [0.29, 0.717) is 5.65 Å². The number of aromatic nitrogens is 2. The standard InChI is InChI=1S/C12H13N3O4/c16-7-5-14(6-8(7)17)11-10(12(18)19)15-4-2-1-3-9(15)13-11/h1-4,7-8,16-17H,5-6H2,(H,18,19). The van der Waals surface area contributed by atoms with Crippen LogP contribution in [0.3, 0.4) is 0 Å². The first-order chi connectivity index (χ1) is 9.08. The van der Waals surface area contributed by atoms with Gasteiger partial charge in [-0.3, -0.25) is 4.40 Å². The molecule has 19 heavy (non-hydrogen) atoms. The lowest BCUT2D eigenvalue weighted by Gasteiger charge is -2.14. The summed E-state index contributed by atoms with van der Waals surface area (Å²) in [7, 11) is 0. The Labute approximate surface area is 108 Å². The average Bonchev–Trinajstić information content (AvgIpc) is 2.90. The van der Waals surface area contributed by atoms with Crippen molar-refractivity contribution in [1.29, 1.82) is 0 Å². The number of aliphatic hydroxyl groups is 2. The first kappa shape index (κ1) is 11.9. The van der Waals surface area contributed by atoms with Crippen LogP contribution in [0.2, 0.25) is 0 Å². The monoisotopic (exact) mass is 263 g/mol. The molecule has 7 nitrogen and oxygen atoms in total. The van der Waals surface area contributed by atoms with E-state index in [9.17, 15) is 20.1 Å². The third kappa shape index (κ3) is 1.83. The highest BCUT2D eigenvalue weighted by Gasteiger charge is 2.34. The van der Waals surface area contributed by atoms with Gasteiger partial charge in [-0.1, -0.05) is 6.07 Å². The van der Waals surface area contributed by atoms with Crippen LogP contribution in [0, 0.1) is 0 Å². The molecule has 1 saturated heterocycles. The van der Waals surface area contributed by atoms with E-state index in [0.717, 1.165) is 0 Å². The number of fused-ring (bicyclic) bond motifs is 1. The summed E-state index contributed by atoms with van der Waals surface area (Å²) in [6.45, 7) is 0.344. The molecule has 0 radical (unpaired) electrons. The molecule has 7 heteroatoms. The van der Waals surface area contributed by atoms with Gasteiger partial charge < -0.3 is 20.2 Å². The summed E-state index contributed by atoms with van der Waals surface area (Å²) >= 11 is 0. The second-order valence-corrected chi connectivity index (χ2v) is 4.56. The molecule has 2 unspecified atom stereocenters. The van der Waals surface area contributed by atoms with Crippen LogP contribution in [0.5, 0.6) is 0 Å². The lowest BCUT2D eigenvalue weighted by molar-refractivity contribution is 0.0572. The minimum atomic E-state index is -1.09. The number of carboxylic acid groups (broad SMARTS) is 1. The first-order valence-electron chi connectivity index (χ1n) is 5.89. The van der Waals surface area contributed by atoms with E-state index in [2.05, 4.69) is 4.98 Å². The quantitative estimate of drug-likeness (QED) is 0.680. The smallest absolute Gasteiger partial charge is 0.356 e. The van der Waals surface area contributed by atoms with Gasteiger partial charge in [-0.2, -0.15) is 0 Å². The van der Waals surface area contributed by atoms with Gasteiger partial charge >= 0.3 is 5.97 Å². The molecule has 2 aromatic heterocycles. The zero-order valence-corrected chi connectivity index (χ0v) is 9.97. The minimum Gasteiger partial charge on any atom is -0.476 e. The molecular formula is C12H13N3O4. The van der Waals surface area contributed by atoms with Gasteiger partial charge in [0.2, 0.25) is 0 Å². The Balaban J connectivity index is 2.13. The zero-order valence-electron chi connectivity index (χ0n) is 9.97. The molecule has 2 atom stereocenters. The second kappa shape index (κ2) is 4.22. The summed E-state index contributed by atoms with van der Waals surface area (Å²) in [6, 6.07) is 5.20. The van der Waals surface area contributed by atoms with Gasteiger partial charge in [0.1, 0.15) is 5.65 Å². The predicted octanol–water partition coefficient (Wildman–Crippen LogP) is -0.426. The fraction of sp³-hybridized carbons (Fsp3) is 0.333. The van der Waals surface area contributed by atoms with Gasteiger partial charge in [0, 0.05) is 19.3 Å². The van der Waals surface area contributed by atoms with Crippen LogP contribution in [0.1, 0.15) is 10.5 Å². The molecule has 0 amide bonds. The van der Waals surface area contributed by atoms with Crippen LogP contribution in [-0.2, 0) is 0 Å². The number of pyridine rings is 1. The Bertz CT molecular complexity index is 629. The molecular weight excluding hydrogens is 250 g/mol. The number of imidazole rings is 1. The highest BCUT2D eigenvalue weighted by atomic mass is 16.4. The molecule has 3 N–H and O–H groups in total. The normalized spacial score (nSPS) is 23.2. The van der Waals surface area contributed by atoms with Gasteiger partial charge in [-0.25, -0.2) is 9.78 Å². The summed E-state index contributed by atoms with van der Waals surface area (Å²) in [6.07, 6.45) is -0.143. The summed E-state index contributed by atoms with van der Waals surface area (Å²) in [4.78, 5) is 17.3. The van der Waals surface area contributed by atoms with Gasteiger partial charge in [-0.05, 0) is 12.1 Å². The van der Waals surface area contributed by atoms with Crippen LogP contribution < -0.4 is 4.90 Å². The summed E-state index contributed by atoms with van der Waals surface area (Å²) in [5, 5.41) is 28.5. The molecule has 2 aromatic rings. The lowest BCUT2D eigenvalue weighted by Crippen LogP contribution is -2.23. The SMILES string of the molecule is O=C(O)c1c(N2CC(O)C(O)C2)nc2ccccn12. The number of aliphatic hydroxyl groups excluding tert-OH is 2. The number of aromatic carboxylic acids is 1. The molecule has 0 spiro atoms. The van der Waals surface area contributed by atoms with Crippen molar-refractivity contribution in [2.24, 2.45) is 0 Å². The Morgan fingerprint density at radius 3 is 2.58 bits per heavy atom. The molecule has 1 aliphatic rings. The summed E-state index contributed by atoms with van der Waals surface area (Å²) in [5.74, 6) is -0.820. The molecule has 1 fully saturated rings. The Hall–Kier alpha value is -2.12. The molecule has 1 aliphatic heterocycles. The van der Waals surface area contributed by atoms with Crippen molar-refractivity contribution < 1.29 is 20.1 Å². The number of carbonyl (C=O) groups is 1. The number of anilines is 1. The van der Waals surface area contributed by atoms with Crippen LogP contribution in [0.15, 0.2) is 24.4 Å². The lowest BCUT2D eigenvalue weighted by atomic mass is 10.3.